The molecule has 1 aliphatic rings. The number of nitrogens with zero attached hydrogens (tertiary/aromatic N) is 1. The molecule has 0 aromatic heterocycles. The standard InChI is InChI=1S/C15H20Cl2N2O2.ClH/c16-13-2-1-11(9-14(13)17)10-21-12-4-7-19(8-5-12)15(20)3-6-18;/h1-2,9,12H,3-8,10,18H2;1H. The van der Waals surface area contributed by atoms with Gasteiger partial charge in [0.15, 0.2) is 0 Å². The first-order valence-corrected chi connectivity index (χ1v) is 7.89. The molecule has 2 rings (SSSR count). The maximum absolute atomic E-state index is 11.7. The minimum atomic E-state index is 0. The average Bonchev–Trinajstić information content (AvgIpc) is 2.49. The summed E-state index contributed by atoms with van der Waals surface area (Å²) in [6.45, 7) is 2.40. The molecule has 0 atom stereocenters. The van der Waals surface area contributed by atoms with Crippen LogP contribution in [0.2, 0.25) is 10.0 Å². The minimum absolute atomic E-state index is 0. The van der Waals surface area contributed by atoms with Crippen LogP contribution in [0.5, 0.6) is 0 Å². The van der Waals surface area contributed by atoms with Gasteiger partial charge in [-0.15, -0.1) is 12.4 Å². The van der Waals surface area contributed by atoms with Gasteiger partial charge in [0.2, 0.25) is 5.91 Å². The van der Waals surface area contributed by atoms with Gasteiger partial charge >= 0.3 is 0 Å². The van der Waals surface area contributed by atoms with Crippen LogP contribution in [0.25, 0.3) is 0 Å². The van der Waals surface area contributed by atoms with Crippen LogP contribution in [0.3, 0.4) is 0 Å². The zero-order valence-corrected chi connectivity index (χ0v) is 14.6. The number of likely N-dealkylation sites (tertiary alicyclic amines) is 1. The molecule has 0 bridgehead atoms. The summed E-state index contributed by atoms with van der Waals surface area (Å²) in [4.78, 5) is 13.6. The number of amides is 1. The van der Waals surface area contributed by atoms with E-state index in [1.165, 1.54) is 0 Å². The lowest BCUT2D eigenvalue weighted by molar-refractivity contribution is -0.133. The molecule has 1 saturated heterocycles. The second-order valence-electron chi connectivity index (χ2n) is 5.18. The van der Waals surface area contributed by atoms with Gasteiger partial charge in [-0.1, -0.05) is 29.3 Å². The van der Waals surface area contributed by atoms with Crippen molar-refractivity contribution in [3.63, 3.8) is 0 Å². The van der Waals surface area contributed by atoms with Crippen molar-refractivity contribution in [3.05, 3.63) is 33.8 Å². The Balaban J connectivity index is 0.00000242. The number of nitrogens with two attached hydrogens (primary N) is 1. The third-order valence-electron chi connectivity index (χ3n) is 3.62. The van der Waals surface area contributed by atoms with Crippen LogP contribution in [0.4, 0.5) is 0 Å². The van der Waals surface area contributed by atoms with Crippen molar-refractivity contribution in [2.45, 2.75) is 32.0 Å². The fraction of sp³-hybridized carbons (Fsp3) is 0.533. The van der Waals surface area contributed by atoms with E-state index >= 15 is 0 Å². The molecule has 1 aromatic carbocycles. The van der Waals surface area contributed by atoms with E-state index in [9.17, 15) is 4.79 Å². The van der Waals surface area contributed by atoms with Gasteiger partial charge in [-0.25, -0.2) is 0 Å². The Morgan fingerprint density at radius 1 is 1.27 bits per heavy atom. The Hall–Kier alpha value is -0.520. The van der Waals surface area contributed by atoms with Gasteiger partial charge in [-0.2, -0.15) is 0 Å². The highest BCUT2D eigenvalue weighted by Gasteiger charge is 2.22. The monoisotopic (exact) mass is 366 g/mol. The normalized spacial score (nSPS) is 15.5. The molecule has 1 amide bonds. The lowest BCUT2D eigenvalue weighted by Gasteiger charge is -2.32. The summed E-state index contributed by atoms with van der Waals surface area (Å²) in [5.74, 6) is 0.139. The third kappa shape index (κ3) is 5.60. The van der Waals surface area contributed by atoms with Crippen LogP contribution in [0, 0.1) is 0 Å². The number of benzene rings is 1. The first kappa shape index (κ1) is 19.5. The summed E-state index contributed by atoms with van der Waals surface area (Å²) in [7, 11) is 0. The van der Waals surface area contributed by atoms with Crippen LogP contribution < -0.4 is 5.73 Å². The molecule has 0 radical (unpaired) electrons. The number of hydrogen-bond acceptors (Lipinski definition) is 3. The Bertz CT molecular complexity index is 492. The highest BCUT2D eigenvalue weighted by molar-refractivity contribution is 6.42. The summed E-state index contributed by atoms with van der Waals surface area (Å²) >= 11 is 11.9. The average molecular weight is 368 g/mol. The lowest BCUT2D eigenvalue weighted by Crippen LogP contribution is -2.41. The Morgan fingerprint density at radius 3 is 2.55 bits per heavy atom. The summed E-state index contributed by atoms with van der Waals surface area (Å²) < 4.78 is 5.89. The molecule has 0 saturated carbocycles. The van der Waals surface area contributed by atoms with Gasteiger partial charge in [-0.3, -0.25) is 4.79 Å². The van der Waals surface area contributed by atoms with Crippen molar-refractivity contribution in [3.8, 4) is 0 Å². The van der Waals surface area contributed by atoms with E-state index in [4.69, 9.17) is 33.7 Å². The predicted molar refractivity (Wildman–Crippen MR) is 91.8 cm³/mol. The van der Waals surface area contributed by atoms with Crippen molar-refractivity contribution in [2.75, 3.05) is 19.6 Å². The number of rotatable bonds is 5. The highest BCUT2D eigenvalue weighted by Crippen LogP contribution is 2.24. The number of carbonyl (C=O) groups is 1. The Labute approximate surface area is 147 Å². The van der Waals surface area contributed by atoms with Crippen molar-refractivity contribution in [1.29, 1.82) is 0 Å². The zero-order valence-electron chi connectivity index (χ0n) is 12.3. The molecule has 1 heterocycles. The van der Waals surface area contributed by atoms with Crippen LogP contribution in [-0.4, -0.2) is 36.5 Å². The second-order valence-corrected chi connectivity index (χ2v) is 5.99. The van der Waals surface area contributed by atoms with Crippen LogP contribution >= 0.6 is 35.6 Å². The largest absolute Gasteiger partial charge is 0.373 e. The van der Waals surface area contributed by atoms with Crippen LogP contribution in [0.1, 0.15) is 24.8 Å². The van der Waals surface area contributed by atoms with Gasteiger partial charge in [0.25, 0.3) is 0 Å². The number of piperidine rings is 1. The number of halogens is 3. The molecule has 2 N–H and O–H groups in total. The number of ether oxygens (including phenoxy) is 1. The van der Waals surface area contributed by atoms with E-state index in [2.05, 4.69) is 0 Å². The van der Waals surface area contributed by atoms with Gasteiger partial charge in [0.1, 0.15) is 0 Å². The molecular weight excluding hydrogens is 347 g/mol. The van der Waals surface area contributed by atoms with Crippen molar-refractivity contribution < 1.29 is 9.53 Å². The smallest absolute Gasteiger partial charge is 0.223 e. The number of carbonyl (C=O) groups excluding carboxylic acids is 1. The van der Waals surface area contributed by atoms with Crippen LogP contribution in [0.15, 0.2) is 18.2 Å². The molecule has 4 nitrogen and oxygen atoms in total. The topological polar surface area (TPSA) is 55.6 Å². The first-order chi connectivity index (χ1) is 10.1. The van der Waals surface area contributed by atoms with Gasteiger partial charge in [0.05, 0.1) is 22.8 Å². The van der Waals surface area contributed by atoms with Crippen molar-refractivity contribution in [1.82, 2.24) is 4.90 Å². The molecular formula is C15H21Cl3N2O2. The molecule has 124 valence electrons. The fourth-order valence-electron chi connectivity index (χ4n) is 2.40. The molecule has 22 heavy (non-hydrogen) atoms. The molecule has 7 heteroatoms. The minimum Gasteiger partial charge on any atom is -0.373 e. The summed E-state index contributed by atoms with van der Waals surface area (Å²) in [5, 5.41) is 1.09. The fourth-order valence-corrected chi connectivity index (χ4v) is 2.72. The predicted octanol–water partition coefficient (Wildman–Crippen LogP) is 3.27. The molecule has 0 unspecified atom stereocenters. The maximum Gasteiger partial charge on any atom is 0.223 e. The second kappa shape index (κ2) is 9.58. The van der Waals surface area contributed by atoms with Crippen molar-refractivity contribution >= 4 is 41.5 Å². The summed E-state index contributed by atoms with van der Waals surface area (Å²) in [5.41, 5.74) is 6.41. The van der Waals surface area contributed by atoms with Crippen LogP contribution in [-0.2, 0) is 16.1 Å². The van der Waals surface area contributed by atoms with Gasteiger partial charge in [0, 0.05) is 26.1 Å². The Morgan fingerprint density at radius 2 is 1.95 bits per heavy atom. The maximum atomic E-state index is 11.7. The van der Waals surface area contributed by atoms with E-state index in [0.29, 0.717) is 29.6 Å². The third-order valence-corrected chi connectivity index (χ3v) is 4.36. The van der Waals surface area contributed by atoms with E-state index in [-0.39, 0.29) is 24.4 Å². The molecule has 1 aromatic rings. The quantitative estimate of drug-likeness (QED) is 0.869. The molecule has 0 aliphatic carbocycles. The number of hydrogen-bond donors (Lipinski definition) is 1. The van der Waals surface area contributed by atoms with Gasteiger partial charge < -0.3 is 15.4 Å². The zero-order chi connectivity index (χ0) is 15.2. The first-order valence-electron chi connectivity index (χ1n) is 7.13. The summed E-state index contributed by atoms with van der Waals surface area (Å²) in [6.07, 6.45) is 2.32. The van der Waals surface area contributed by atoms with Crippen molar-refractivity contribution in [2.24, 2.45) is 5.73 Å². The van der Waals surface area contributed by atoms with E-state index in [0.717, 1.165) is 31.5 Å². The lowest BCUT2D eigenvalue weighted by atomic mass is 10.1. The Kier molecular flexibility index (Phi) is 8.50. The molecule has 0 spiro atoms. The summed E-state index contributed by atoms with van der Waals surface area (Å²) in [6, 6.07) is 5.51. The molecule has 1 aliphatic heterocycles. The van der Waals surface area contributed by atoms with E-state index in [1.54, 1.807) is 6.07 Å². The highest BCUT2D eigenvalue weighted by atomic mass is 35.5. The van der Waals surface area contributed by atoms with Gasteiger partial charge in [-0.05, 0) is 30.5 Å². The van der Waals surface area contributed by atoms with E-state index < -0.39 is 0 Å². The van der Waals surface area contributed by atoms with E-state index in [1.807, 2.05) is 17.0 Å². The SMILES string of the molecule is Cl.NCCC(=O)N1CCC(OCc2ccc(Cl)c(Cl)c2)CC1. The molecule has 1 fully saturated rings.